The van der Waals surface area contributed by atoms with Crippen LogP contribution in [0, 0.1) is 6.92 Å². The SMILES string of the molecule is COc1cccc(C2/C(=C(\O)c3ccc(C)cc3)C(=O)C(=O)N2CCc2c[nH]c3ccccc23)c1. The summed E-state index contributed by atoms with van der Waals surface area (Å²) >= 11 is 0. The molecular formula is C29H26N2O4. The number of Topliss-reactive ketones (excluding diaryl/α,β-unsaturated/α-hetero) is 1. The topological polar surface area (TPSA) is 82.6 Å². The molecule has 35 heavy (non-hydrogen) atoms. The standard InChI is InChI=1S/C29H26N2O4/c1-18-10-12-19(13-11-18)27(32)25-26(20-6-5-7-22(16-20)35-2)31(29(34)28(25)33)15-14-21-17-30-24-9-4-3-8-23(21)24/h3-13,16-17,26,30,32H,14-15H2,1-2H3/b27-25+. The number of aliphatic hydroxyl groups is 1. The predicted molar refractivity (Wildman–Crippen MR) is 135 cm³/mol. The van der Waals surface area contributed by atoms with Gasteiger partial charge in [-0.05, 0) is 42.7 Å². The molecule has 0 bridgehead atoms. The van der Waals surface area contributed by atoms with Crippen LogP contribution >= 0.6 is 0 Å². The number of carbonyl (C=O) groups excluding carboxylic acids is 2. The second-order valence-corrected chi connectivity index (χ2v) is 8.74. The third-order valence-corrected chi connectivity index (χ3v) is 6.57. The molecule has 0 radical (unpaired) electrons. The maximum Gasteiger partial charge on any atom is 0.295 e. The van der Waals surface area contributed by atoms with Gasteiger partial charge in [0.25, 0.3) is 11.7 Å². The zero-order valence-corrected chi connectivity index (χ0v) is 19.6. The number of aromatic amines is 1. The highest BCUT2D eigenvalue weighted by Gasteiger charge is 2.46. The van der Waals surface area contributed by atoms with E-state index in [0.717, 1.165) is 22.0 Å². The maximum absolute atomic E-state index is 13.3. The third-order valence-electron chi connectivity index (χ3n) is 6.57. The number of hydrogen-bond donors (Lipinski definition) is 2. The van der Waals surface area contributed by atoms with E-state index in [-0.39, 0.29) is 11.3 Å². The first-order valence-corrected chi connectivity index (χ1v) is 11.5. The molecule has 176 valence electrons. The fourth-order valence-corrected chi connectivity index (χ4v) is 4.72. The summed E-state index contributed by atoms with van der Waals surface area (Å²) in [6, 6.07) is 21.8. The Labute approximate surface area is 203 Å². The number of ether oxygens (including phenoxy) is 1. The van der Waals surface area contributed by atoms with Gasteiger partial charge in [-0.2, -0.15) is 0 Å². The number of hydrogen-bond acceptors (Lipinski definition) is 4. The number of fused-ring (bicyclic) bond motifs is 1. The molecule has 1 saturated heterocycles. The van der Waals surface area contributed by atoms with Gasteiger partial charge in [0.15, 0.2) is 0 Å². The first-order valence-electron chi connectivity index (χ1n) is 11.5. The van der Waals surface area contributed by atoms with E-state index in [1.165, 1.54) is 0 Å². The lowest BCUT2D eigenvalue weighted by atomic mass is 9.94. The van der Waals surface area contributed by atoms with Crippen molar-refractivity contribution in [3.05, 3.63) is 107 Å². The first-order chi connectivity index (χ1) is 17.0. The fourth-order valence-electron chi connectivity index (χ4n) is 4.72. The minimum absolute atomic E-state index is 0.0889. The average molecular weight is 467 g/mol. The Hall–Kier alpha value is -4.32. The van der Waals surface area contributed by atoms with Crippen molar-refractivity contribution < 1.29 is 19.4 Å². The second-order valence-electron chi connectivity index (χ2n) is 8.74. The quantitative estimate of drug-likeness (QED) is 0.234. The Morgan fingerprint density at radius 2 is 1.80 bits per heavy atom. The molecule has 5 rings (SSSR count). The fraction of sp³-hybridized carbons (Fsp3) is 0.172. The van der Waals surface area contributed by atoms with Crippen LogP contribution in [0.1, 0.15) is 28.3 Å². The highest BCUT2D eigenvalue weighted by atomic mass is 16.5. The number of nitrogens with zero attached hydrogens (tertiary/aromatic N) is 1. The van der Waals surface area contributed by atoms with Crippen molar-refractivity contribution in [1.29, 1.82) is 0 Å². The molecule has 1 unspecified atom stereocenters. The van der Waals surface area contributed by atoms with E-state index < -0.39 is 17.7 Å². The predicted octanol–water partition coefficient (Wildman–Crippen LogP) is 5.15. The lowest BCUT2D eigenvalue weighted by Gasteiger charge is -2.25. The number of H-pyrrole nitrogens is 1. The molecule has 2 N–H and O–H groups in total. The van der Waals surface area contributed by atoms with Gasteiger partial charge in [-0.25, -0.2) is 0 Å². The van der Waals surface area contributed by atoms with Crippen molar-refractivity contribution in [1.82, 2.24) is 9.88 Å². The number of para-hydroxylation sites is 1. The van der Waals surface area contributed by atoms with Crippen LogP contribution in [0.25, 0.3) is 16.7 Å². The van der Waals surface area contributed by atoms with Crippen LogP contribution in [0.15, 0.2) is 84.6 Å². The Morgan fingerprint density at radius 1 is 1.03 bits per heavy atom. The van der Waals surface area contributed by atoms with Crippen molar-refractivity contribution in [3.8, 4) is 5.75 Å². The van der Waals surface area contributed by atoms with Crippen LogP contribution in [0.4, 0.5) is 0 Å². The number of methoxy groups -OCH3 is 1. The van der Waals surface area contributed by atoms with E-state index in [4.69, 9.17) is 4.74 Å². The van der Waals surface area contributed by atoms with E-state index in [2.05, 4.69) is 4.98 Å². The largest absolute Gasteiger partial charge is 0.507 e. The molecule has 1 atom stereocenters. The Kier molecular flexibility index (Phi) is 5.87. The van der Waals surface area contributed by atoms with Crippen molar-refractivity contribution in [2.24, 2.45) is 0 Å². The van der Waals surface area contributed by atoms with E-state index in [1.807, 2.05) is 67.7 Å². The van der Waals surface area contributed by atoms with Crippen molar-refractivity contribution in [3.63, 3.8) is 0 Å². The Balaban J connectivity index is 1.58. The number of ketones is 1. The molecule has 1 aliphatic heterocycles. The summed E-state index contributed by atoms with van der Waals surface area (Å²) < 4.78 is 5.39. The number of aromatic nitrogens is 1. The van der Waals surface area contributed by atoms with Gasteiger partial charge in [0.05, 0.1) is 18.7 Å². The Morgan fingerprint density at radius 3 is 2.57 bits per heavy atom. The number of rotatable bonds is 6. The van der Waals surface area contributed by atoms with Gasteiger partial charge in [0, 0.05) is 29.2 Å². The molecule has 6 heteroatoms. The molecule has 0 spiro atoms. The number of amides is 1. The molecule has 0 aliphatic carbocycles. The average Bonchev–Trinajstić information content (AvgIpc) is 3.41. The number of likely N-dealkylation sites (tertiary alicyclic amines) is 1. The molecule has 4 aromatic rings. The summed E-state index contributed by atoms with van der Waals surface area (Å²) in [6.45, 7) is 2.27. The minimum atomic E-state index is -0.725. The van der Waals surface area contributed by atoms with Crippen LogP contribution in [-0.4, -0.2) is 40.3 Å². The molecule has 1 aliphatic rings. The van der Waals surface area contributed by atoms with E-state index in [0.29, 0.717) is 29.8 Å². The number of nitrogens with one attached hydrogen (secondary N) is 1. The minimum Gasteiger partial charge on any atom is -0.507 e. The van der Waals surface area contributed by atoms with Gasteiger partial charge < -0.3 is 19.7 Å². The van der Waals surface area contributed by atoms with Crippen molar-refractivity contribution >= 4 is 28.4 Å². The zero-order chi connectivity index (χ0) is 24.5. The van der Waals surface area contributed by atoms with Gasteiger partial charge in [0.2, 0.25) is 0 Å². The van der Waals surface area contributed by atoms with E-state index in [9.17, 15) is 14.7 Å². The molecule has 1 amide bonds. The second kappa shape index (κ2) is 9.14. The van der Waals surface area contributed by atoms with Crippen molar-refractivity contribution in [2.45, 2.75) is 19.4 Å². The van der Waals surface area contributed by atoms with Crippen molar-refractivity contribution in [2.75, 3.05) is 13.7 Å². The third kappa shape index (κ3) is 4.08. The number of aliphatic hydroxyl groups excluding tert-OH is 1. The summed E-state index contributed by atoms with van der Waals surface area (Å²) in [7, 11) is 1.57. The normalized spacial score (nSPS) is 17.3. The Bertz CT molecular complexity index is 1450. The van der Waals surface area contributed by atoms with Crippen LogP contribution in [-0.2, 0) is 16.0 Å². The number of aryl methyl sites for hydroxylation is 1. The number of benzene rings is 3. The van der Waals surface area contributed by atoms with E-state index in [1.54, 1.807) is 30.2 Å². The monoisotopic (exact) mass is 466 g/mol. The summed E-state index contributed by atoms with van der Waals surface area (Å²) in [5.74, 6) is -0.869. The number of carbonyl (C=O) groups is 2. The molecule has 1 fully saturated rings. The highest BCUT2D eigenvalue weighted by Crippen LogP contribution is 2.40. The van der Waals surface area contributed by atoms with Crippen LogP contribution in [0.2, 0.25) is 0 Å². The molecule has 3 aromatic carbocycles. The van der Waals surface area contributed by atoms with Gasteiger partial charge in [-0.1, -0.05) is 60.2 Å². The van der Waals surface area contributed by atoms with Crippen LogP contribution in [0.3, 0.4) is 0 Å². The smallest absolute Gasteiger partial charge is 0.295 e. The summed E-state index contributed by atoms with van der Waals surface area (Å²) in [5, 5.41) is 12.3. The van der Waals surface area contributed by atoms with E-state index >= 15 is 0 Å². The highest BCUT2D eigenvalue weighted by molar-refractivity contribution is 6.46. The molecule has 6 nitrogen and oxygen atoms in total. The van der Waals surface area contributed by atoms with Gasteiger partial charge in [0.1, 0.15) is 11.5 Å². The van der Waals surface area contributed by atoms with Gasteiger partial charge in [-0.15, -0.1) is 0 Å². The molecule has 0 saturated carbocycles. The maximum atomic E-state index is 13.3. The zero-order valence-electron chi connectivity index (χ0n) is 19.6. The molecular weight excluding hydrogens is 440 g/mol. The lowest BCUT2D eigenvalue weighted by molar-refractivity contribution is -0.139. The van der Waals surface area contributed by atoms with Gasteiger partial charge >= 0.3 is 0 Å². The van der Waals surface area contributed by atoms with Gasteiger partial charge in [-0.3, -0.25) is 9.59 Å². The lowest BCUT2D eigenvalue weighted by Crippen LogP contribution is -2.31. The molecule has 2 heterocycles. The first kappa shape index (κ1) is 22.5. The summed E-state index contributed by atoms with van der Waals surface area (Å²) in [4.78, 5) is 31.3. The molecule has 1 aromatic heterocycles. The van der Waals surface area contributed by atoms with Crippen LogP contribution in [0.5, 0.6) is 5.75 Å². The van der Waals surface area contributed by atoms with Crippen LogP contribution < -0.4 is 4.74 Å². The summed E-state index contributed by atoms with van der Waals surface area (Å²) in [5.41, 5.74) is 4.41. The summed E-state index contributed by atoms with van der Waals surface area (Å²) in [6.07, 6.45) is 2.50.